The molecule has 1 saturated carbocycles. The number of nitrogens with one attached hydrogen (secondary N) is 4. The molecule has 6 N–H and O–H groups in total. The number of rotatable bonds is 18. The molecule has 0 saturated heterocycles. The molecule has 1 aromatic rings. The van der Waals surface area contributed by atoms with Gasteiger partial charge in [-0.1, -0.05) is 44.2 Å². The number of amides is 4. The predicted molar refractivity (Wildman–Crippen MR) is 166 cm³/mol. The average Bonchev–Trinajstić information content (AvgIpc) is 3.43. The highest BCUT2D eigenvalue weighted by atomic mass is 16.5. The number of alkyl carbamates (subject to hydrolysis) is 1. The van der Waals surface area contributed by atoms with E-state index in [2.05, 4.69) is 21.3 Å². The minimum Gasteiger partial charge on any atom is -0.464 e. The van der Waals surface area contributed by atoms with Gasteiger partial charge in [0.25, 0.3) is 0 Å². The number of unbranched alkanes of at least 4 members (excludes halogenated alkanes) is 1. The van der Waals surface area contributed by atoms with Crippen molar-refractivity contribution in [1.82, 2.24) is 21.3 Å². The first-order valence-electron chi connectivity index (χ1n) is 15.7. The molecule has 0 bridgehead atoms. The number of ketones is 1. The van der Waals surface area contributed by atoms with E-state index in [-0.39, 0.29) is 37.8 Å². The SMILES string of the molecule is CCOC(=O)C1(NC(=O)CNC(=O)[C@H](CCCCNC(=O)OCc2ccccc2)NC(=O)[C@@H](N)CC(C)C)CCCC1C(C)=O. The van der Waals surface area contributed by atoms with Crippen LogP contribution in [0.4, 0.5) is 4.79 Å². The van der Waals surface area contributed by atoms with Crippen molar-refractivity contribution in [3.05, 3.63) is 35.9 Å². The third-order valence-corrected chi connectivity index (χ3v) is 7.67. The summed E-state index contributed by atoms with van der Waals surface area (Å²) in [5.41, 5.74) is 5.40. The molecule has 0 aliphatic heterocycles. The molecule has 0 radical (unpaired) electrons. The third kappa shape index (κ3) is 12.1. The molecule has 1 fully saturated rings. The lowest BCUT2D eigenvalue weighted by molar-refractivity contribution is -0.157. The van der Waals surface area contributed by atoms with E-state index in [1.165, 1.54) is 6.92 Å². The fourth-order valence-electron chi connectivity index (χ4n) is 5.44. The summed E-state index contributed by atoms with van der Waals surface area (Å²) in [5.74, 6) is -3.24. The highest BCUT2D eigenvalue weighted by Gasteiger charge is 2.53. The van der Waals surface area contributed by atoms with Gasteiger partial charge in [0.2, 0.25) is 17.7 Å². The van der Waals surface area contributed by atoms with Crippen LogP contribution in [0.25, 0.3) is 0 Å². The van der Waals surface area contributed by atoms with Crippen molar-refractivity contribution in [2.45, 2.75) is 96.9 Å². The van der Waals surface area contributed by atoms with Crippen molar-refractivity contribution in [1.29, 1.82) is 0 Å². The molecule has 4 amide bonds. The summed E-state index contributed by atoms with van der Waals surface area (Å²) >= 11 is 0. The fraction of sp³-hybridized carbons (Fsp3) is 0.625. The summed E-state index contributed by atoms with van der Waals surface area (Å²) in [5, 5.41) is 10.5. The van der Waals surface area contributed by atoms with Crippen LogP contribution in [0.1, 0.15) is 78.2 Å². The topological polar surface area (TPSA) is 195 Å². The number of hydrogen-bond donors (Lipinski definition) is 5. The minimum absolute atomic E-state index is 0.0858. The van der Waals surface area contributed by atoms with Gasteiger partial charge >= 0.3 is 12.1 Å². The molecular weight excluding hydrogens is 582 g/mol. The van der Waals surface area contributed by atoms with E-state index in [0.29, 0.717) is 38.6 Å². The van der Waals surface area contributed by atoms with Gasteiger partial charge in [0.1, 0.15) is 24.0 Å². The maximum Gasteiger partial charge on any atom is 0.407 e. The van der Waals surface area contributed by atoms with Crippen molar-refractivity contribution in [3.63, 3.8) is 0 Å². The number of ether oxygens (including phenoxy) is 2. The van der Waals surface area contributed by atoms with E-state index in [9.17, 15) is 28.8 Å². The van der Waals surface area contributed by atoms with E-state index < -0.39 is 59.9 Å². The van der Waals surface area contributed by atoms with Gasteiger partial charge in [-0.05, 0) is 70.3 Å². The van der Waals surface area contributed by atoms with E-state index in [4.69, 9.17) is 15.2 Å². The van der Waals surface area contributed by atoms with Crippen LogP contribution in [-0.4, -0.2) is 72.9 Å². The highest BCUT2D eigenvalue weighted by molar-refractivity contribution is 5.97. The highest BCUT2D eigenvalue weighted by Crippen LogP contribution is 2.37. The smallest absolute Gasteiger partial charge is 0.407 e. The first kappa shape index (κ1) is 37.2. The molecular formula is C32H49N5O8. The molecule has 13 heteroatoms. The van der Waals surface area contributed by atoms with E-state index >= 15 is 0 Å². The van der Waals surface area contributed by atoms with E-state index in [0.717, 1.165) is 5.56 Å². The van der Waals surface area contributed by atoms with Crippen molar-refractivity contribution in [2.75, 3.05) is 19.7 Å². The predicted octanol–water partition coefficient (Wildman–Crippen LogP) is 1.86. The van der Waals surface area contributed by atoms with Crippen molar-refractivity contribution < 1.29 is 38.2 Å². The summed E-state index contributed by atoms with van der Waals surface area (Å²) in [6.45, 7) is 6.90. The first-order valence-corrected chi connectivity index (χ1v) is 15.7. The fourth-order valence-corrected chi connectivity index (χ4v) is 5.44. The van der Waals surface area contributed by atoms with Gasteiger partial charge in [0.15, 0.2) is 0 Å². The zero-order valence-electron chi connectivity index (χ0n) is 26.8. The molecule has 2 unspecified atom stereocenters. The Morgan fingerprint density at radius 1 is 1.00 bits per heavy atom. The molecule has 250 valence electrons. The monoisotopic (exact) mass is 631 g/mol. The normalized spacial score (nSPS) is 18.8. The van der Waals surface area contributed by atoms with E-state index in [1.54, 1.807) is 6.92 Å². The standard InChI is InChI=1S/C32H49N5O8/c1-5-44-30(42)32(16-11-14-24(32)22(4)38)37-27(39)19-35-29(41)26(36-28(40)25(33)18-21(2)3)15-9-10-17-34-31(43)45-20-23-12-7-6-8-13-23/h6-8,12-13,21,24-26H,5,9-11,14-20,33H2,1-4H3,(H,34,43)(H,35,41)(H,36,40)(H,37,39)/t24?,25-,26-,32?/m0/s1. The Balaban J connectivity index is 1.95. The van der Waals surface area contributed by atoms with Gasteiger partial charge in [-0.15, -0.1) is 0 Å². The number of esters is 1. The maximum atomic E-state index is 13.2. The summed E-state index contributed by atoms with van der Waals surface area (Å²) in [4.78, 5) is 76.1. The quantitative estimate of drug-likeness (QED) is 0.119. The average molecular weight is 632 g/mol. The Morgan fingerprint density at radius 2 is 1.71 bits per heavy atom. The third-order valence-electron chi connectivity index (χ3n) is 7.67. The summed E-state index contributed by atoms with van der Waals surface area (Å²) in [7, 11) is 0. The summed E-state index contributed by atoms with van der Waals surface area (Å²) in [6, 6.07) is 7.45. The van der Waals surface area contributed by atoms with Crippen LogP contribution < -0.4 is 27.0 Å². The first-order chi connectivity index (χ1) is 21.4. The second-order valence-corrected chi connectivity index (χ2v) is 11.8. The van der Waals surface area contributed by atoms with Gasteiger partial charge in [0.05, 0.1) is 25.1 Å². The van der Waals surface area contributed by atoms with Gasteiger partial charge in [0, 0.05) is 6.54 Å². The van der Waals surface area contributed by atoms with Crippen LogP contribution in [-0.2, 0) is 40.1 Å². The molecule has 45 heavy (non-hydrogen) atoms. The molecule has 1 aliphatic rings. The van der Waals surface area contributed by atoms with Crippen molar-refractivity contribution in [3.8, 4) is 0 Å². The van der Waals surface area contributed by atoms with Gasteiger partial charge in [-0.2, -0.15) is 0 Å². The van der Waals surface area contributed by atoms with Crippen LogP contribution in [0.3, 0.4) is 0 Å². The van der Waals surface area contributed by atoms with Crippen LogP contribution >= 0.6 is 0 Å². The van der Waals surface area contributed by atoms with Gasteiger partial charge in [-0.25, -0.2) is 9.59 Å². The molecule has 1 aliphatic carbocycles. The molecule has 13 nitrogen and oxygen atoms in total. The van der Waals surface area contributed by atoms with Crippen molar-refractivity contribution >= 4 is 35.6 Å². The summed E-state index contributed by atoms with van der Waals surface area (Å²) < 4.78 is 10.4. The number of carbonyl (C=O) groups is 6. The number of Topliss-reactive ketones (excluding diaryl/α,β-unsaturated/α-hetero) is 1. The lowest BCUT2D eigenvalue weighted by atomic mass is 9.84. The molecule has 4 atom stereocenters. The molecule has 0 aromatic heterocycles. The van der Waals surface area contributed by atoms with Crippen molar-refractivity contribution in [2.24, 2.45) is 17.6 Å². The molecule has 0 heterocycles. The van der Waals surface area contributed by atoms with Crippen LogP contribution in [0, 0.1) is 11.8 Å². The zero-order valence-corrected chi connectivity index (χ0v) is 26.8. The van der Waals surface area contributed by atoms with Crippen LogP contribution in [0.5, 0.6) is 0 Å². The Hall–Kier alpha value is -4.00. The number of nitrogens with two attached hydrogens (primary N) is 1. The zero-order chi connectivity index (χ0) is 33.4. The molecule has 0 spiro atoms. The van der Waals surface area contributed by atoms with E-state index in [1.807, 2.05) is 44.2 Å². The Bertz CT molecular complexity index is 1160. The number of hydrogen-bond acceptors (Lipinski definition) is 9. The van der Waals surface area contributed by atoms with Crippen LogP contribution in [0.15, 0.2) is 30.3 Å². The second kappa shape index (κ2) is 18.7. The molecule has 1 aromatic carbocycles. The minimum atomic E-state index is -1.49. The van der Waals surface area contributed by atoms with Gasteiger partial charge < -0.3 is 36.5 Å². The second-order valence-electron chi connectivity index (χ2n) is 11.8. The Labute approximate surface area is 265 Å². The lowest BCUT2D eigenvalue weighted by Crippen LogP contribution is -2.61. The molecule has 2 rings (SSSR count). The lowest BCUT2D eigenvalue weighted by Gasteiger charge is -2.33. The number of benzene rings is 1. The largest absolute Gasteiger partial charge is 0.464 e. The Morgan fingerprint density at radius 3 is 2.36 bits per heavy atom. The van der Waals surface area contributed by atoms with Gasteiger partial charge in [-0.3, -0.25) is 19.2 Å². The Kier molecular flexibility index (Phi) is 15.5. The maximum absolute atomic E-state index is 13.2. The summed E-state index contributed by atoms with van der Waals surface area (Å²) in [6.07, 6.45) is 2.25. The van der Waals surface area contributed by atoms with Crippen LogP contribution in [0.2, 0.25) is 0 Å². The number of carbonyl (C=O) groups excluding carboxylic acids is 6.